The third-order valence-corrected chi connectivity index (χ3v) is 4.45. The average Bonchev–Trinajstić information content (AvgIpc) is 3.39. The first-order valence-electron chi connectivity index (χ1n) is 9.01. The van der Waals surface area contributed by atoms with Crippen LogP contribution in [-0.2, 0) is 20.7 Å². The highest BCUT2D eigenvalue weighted by molar-refractivity contribution is 7.14. The Bertz CT molecular complexity index is 1020. The number of rotatable bonds is 9. The molecule has 0 aliphatic rings. The molecule has 0 spiro atoms. The molecule has 2 aromatic heterocycles. The highest BCUT2D eigenvalue weighted by Crippen LogP contribution is 2.19. The Morgan fingerprint density at radius 3 is 2.80 bits per heavy atom. The van der Waals surface area contributed by atoms with Gasteiger partial charge < -0.3 is 19.2 Å². The molecule has 3 aromatic rings. The topological polar surface area (TPSA) is 120 Å². The molecule has 0 atom stereocenters. The second-order valence-electron chi connectivity index (χ2n) is 5.92. The summed E-state index contributed by atoms with van der Waals surface area (Å²) in [5.41, 5.74) is 1.03. The number of ether oxygens (including phenoxy) is 2. The fourth-order valence-electron chi connectivity index (χ4n) is 2.39. The number of hydrogen-bond donors (Lipinski definition) is 2. The summed E-state index contributed by atoms with van der Waals surface area (Å²) in [6.45, 7) is 1.78. The second kappa shape index (κ2) is 10.2. The van der Waals surface area contributed by atoms with Crippen molar-refractivity contribution in [2.24, 2.45) is 0 Å². The molecule has 0 unspecified atom stereocenters. The highest BCUT2D eigenvalue weighted by Gasteiger charge is 2.13. The fraction of sp³-hybridized carbons (Fsp3) is 0.200. The molecular formula is C20H19N3O6S. The molecule has 0 aliphatic carbocycles. The molecule has 9 nitrogen and oxygen atoms in total. The van der Waals surface area contributed by atoms with Crippen molar-refractivity contribution < 1.29 is 28.3 Å². The van der Waals surface area contributed by atoms with Crippen LogP contribution in [0.15, 0.2) is 52.5 Å². The molecular weight excluding hydrogens is 410 g/mol. The van der Waals surface area contributed by atoms with Gasteiger partial charge in [0.15, 0.2) is 17.5 Å². The summed E-state index contributed by atoms with van der Waals surface area (Å²) in [5, 5.41) is 7.42. The minimum Gasteiger partial charge on any atom is -0.482 e. The van der Waals surface area contributed by atoms with Gasteiger partial charge in [0.2, 0.25) is 5.91 Å². The van der Waals surface area contributed by atoms with Crippen LogP contribution in [0.3, 0.4) is 0 Å². The quantitative estimate of drug-likeness (QED) is 0.502. The highest BCUT2D eigenvalue weighted by atomic mass is 32.1. The lowest BCUT2D eigenvalue weighted by atomic mass is 10.2. The van der Waals surface area contributed by atoms with Crippen LogP contribution in [0, 0.1) is 0 Å². The number of carbonyl (C=O) groups is 3. The number of furan rings is 1. The van der Waals surface area contributed by atoms with E-state index in [1.807, 2.05) is 0 Å². The average molecular weight is 429 g/mol. The van der Waals surface area contributed by atoms with Crippen LogP contribution in [0.1, 0.15) is 23.2 Å². The maximum absolute atomic E-state index is 12.3. The van der Waals surface area contributed by atoms with Gasteiger partial charge in [-0.2, -0.15) is 0 Å². The smallest absolute Gasteiger partial charge is 0.344 e. The van der Waals surface area contributed by atoms with Crippen LogP contribution >= 0.6 is 11.3 Å². The van der Waals surface area contributed by atoms with E-state index in [0.717, 1.165) is 0 Å². The Kier molecular flexibility index (Phi) is 7.17. The summed E-state index contributed by atoms with van der Waals surface area (Å²) >= 11 is 1.21. The van der Waals surface area contributed by atoms with Gasteiger partial charge in [0.25, 0.3) is 5.91 Å². The van der Waals surface area contributed by atoms with Gasteiger partial charge in [0, 0.05) is 17.1 Å². The number of nitrogens with one attached hydrogen (secondary N) is 2. The lowest BCUT2D eigenvalue weighted by Gasteiger charge is -2.08. The first-order chi connectivity index (χ1) is 14.5. The number of thiazole rings is 1. The van der Waals surface area contributed by atoms with Crippen molar-refractivity contribution in [3.05, 3.63) is 59.5 Å². The molecule has 0 aliphatic heterocycles. The number of carbonyl (C=O) groups excluding carboxylic acids is 3. The lowest BCUT2D eigenvalue weighted by molar-refractivity contribution is -0.145. The van der Waals surface area contributed by atoms with Crippen molar-refractivity contribution >= 4 is 39.9 Å². The molecule has 2 N–H and O–H groups in total. The van der Waals surface area contributed by atoms with Crippen molar-refractivity contribution in [2.75, 3.05) is 23.8 Å². The minimum atomic E-state index is -0.467. The van der Waals surface area contributed by atoms with E-state index in [1.165, 1.54) is 17.6 Å². The van der Waals surface area contributed by atoms with E-state index >= 15 is 0 Å². The number of esters is 1. The molecule has 2 heterocycles. The van der Waals surface area contributed by atoms with E-state index in [0.29, 0.717) is 22.3 Å². The monoisotopic (exact) mass is 429 g/mol. The van der Waals surface area contributed by atoms with Gasteiger partial charge in [-0.05, 0) is 31.2 Å². The van der Waals surface area contributed by atoms with Crippen molar-refractivity contribution in [2.45, 2.75) is 13.3 Å². The minimum absolute atomic E-state index is 0.0288. The molecule has 0 bridgehead atoms. The van der Waals surface area contributed by atoms with E-state index in [4.69, 9.17) is 13.9 Å². The van der Waals surface area contributed by atoms with Crippen LogP contribution in [0.2, 0.25) is 0 Å². The second-order valence-corrected chi connectivity index (χ2v) is 6.78. The molecule has 0 saturated heterocycles. The number of hydrogen-bond acceptors (Lipinski definition) is 8. The summed E-state index contributed by atoms with van der Waals surface area (Å²) < 4.78 is 15.2. The number of aromatic nitrogens is 1. The Hall–Kier alpha value is -3.66. The Morgan fingerprint density at radius 1 is 1.17 bits per heavy atom. The molecule has 30 heavy (non-hydrogen) atoms. The Morgan fingerprint density at radius 2 is 2.03 bits per heavy atom. The molecule has 1 aromatic carbocycles. The van der Waals surface area contributed by atoms with Gasteiger partial charge >= 0.3 is 5.97 Å². The van der Waals surface area contributed by atoms with Gasteiger partial charge in [-0.25, -0.2) is 9.78 Å². The fourth-order valence-corrected chi connectivity index (χ4v) is 3.10. The normalized spacial score (nSPS) is 10.3. The number of nitrogens with zero attached hydrogens (tertiary/aromatic N) is 1. The van der Waals surface area contributed by atoms with E-state index < -0.39 is 11.9 Å². The van der Waals surface area contributed by atoms with E-state index in [2.05, 4.69) is 15.6 Å². The van der Waals surface area contributed by atoms with Crippen molar-refractivity contribution in [1.29, 1.82) is 0 Å². The lowest BCUT2D eigenvalue weighted by Crippen LogP contribution is -2.16. The van der Waals surface area contributed by atoms with E-state index in [9.17, 15) is 14.4 Å². The number of benzene rings is 1. The number of amides is 2. The standard InChI is InChI=1S/C20H19N3O6S/c1-2-27-18(25)11-29-15-6-3-5-13(9-15)21-17(24)10-14-12-30-20(22-14)23-19(26)16-7-4-8-28-16/h3-9,12H,2,10-11H2,1H3,(H,21,24)(H,22,23,26). The van der Waals surface area contributed by atoms with Crippen LogP contribution < -0.4 is 15.4 Å². The zero-order chi connectivity index (χ0) is 21.3. The number of anilines is 2. The molecule has 0 saturated carbocycles. The van der Waals surface area contributed by atoms with Gasteiger partial charge in [0.05, 0.1) is 25.0 Å². The maximum atomic E-state index is 12.3. The Balaban J connectivity index is 1.51. The van der Waals surface area contributed by atoms with Crippen molar-refractivity contribution in [1.82, 2.24) is 4.98 Å². The maximum Gasteiger partial charge on any atom is 0.344 e. The van der Waals surface area contributed by atoms with Crippen LogP contribution in [0.25, 0.3) is 0 Å². The molecule has 0 radical (unpaired) electrons. The molecule has 3 rings (SSSR count). The van der Waals surface area contributed by atoms with Crippen LogP contribution in [0.5, 0.6) is 5.75 Å². The summed E-state index contributed by atoms with van der Waals surface area (Å²) in [5.74, 6) is -0.561. The van der Waals surface area contributed by atoms with Gasteiger partial charge in [0.1, 0.15) is 5.75 Å². The zero-order valence-electron chi connectivity index (χ0n) is 16.0. The Labute approximate surface area is 176 Å². The molecule has 2 amide bonds. The van der Waals surface area contributed by atoms with Crippen molar-refractivity contribution in [3.63, 3.8) is 0 Å². The zero-order valence-corrected chi connectivity index (χ0v) is 16.9. The van der Waals surface area contributed by atoms with Gasteiger partial charge in [-0.3, -0.25) is 14.9 Å². The summed E-state index contributed by atoms with van der Waals surface area (Å²) in [4.78, 5) is 39.8. The van der Waals surface area contributed by atoms with E-state index in [1.54, 1.807) is 48.7 Å². The largest absolute Gasteiger partial charge is 0.482 e. The van der Waals surface area contributed by atoms with Gasteiger partial charge in [-0.15, -0.1) is 11.3 Å². The van der Waals surface area contributed by atoms with Crippen LogP contribution in [0.4, 0.5) is 10.8 Å². The predicted molar refractivity (Wildman–Crippen MR) is 110 cm³/mol. The third kappa shape index (κ3) is 6.17. The third-order valence-electron chi connectivity index (χ3n) is 3.64. The first kappa shape index (κ1) is 21.1. The summed E-state index contributed by atoms with van der Waals surface area (Å²) in [6.07, 6.45) is 1.43. The molecule has 10 heteroatoms. The summed E-state index contributed by atoms with van der Waals surface area (Å²) in [7, 11) is 0. The molecule has 0 fully saturated rings. The molecule has 156 valence electrons. The summed E-state index contributed by atoms with van der Waals surface area (Å²) in [6, 6.07) is 9.83. The SMILES string of the molecule is CCOC(=O)COc1cccc(NC(=O)Cc2csc(NC(=O)c3ccco3)n2)c1. The van der Waals surface area contributed by atoms with Gasteiger partial charge in [-0.1, -0.05) is 6.07 Å². The predicted octanol–water partition coefficient (Wildman–Crippen LogP) is 3.11. The van der Waals surface area contributed by atoms with Crippen molar-refractivity contribution in [3.8, 4) is 5.75 Å². The van der Waals surface area contributed by atoms with Crippen LogP contribution in [-0.4, -0.2) is 36.0 Å². The first-order valence-corrected chi connectivity index (χ1v) is 9.89. The van der Waals surface area contributed by atoms with E-state index in [-0.39, 0.29) is 31.3 Å².